The normalized spacial score (nSPS) is 20.1. The molecule has 0 spiro atoms. The van der Waals surface area contributed by atoms with E-state index < -0.39 is 17.6 Å². The quantitative estimate of drug-likeness (QED) is 0.579. The molecule has 1 aromatic rings. The second-order valence-corrected chi connectivity index (χ2v) is 11.2. The molecule has 1 unspecified atom stereocenters. The Morgan fingerprint density at radius 3 is 2.36 bits per heavy atom. The Hall–Kier alpha value is -1.80. The van der Waals surface area contributed by atoms with E-state index in [-0.39, 0.29) is 17.6 Å². The maximum Gasteiger partial charge on any atom is 0.407 e. The topological polar surface area (TPSA) is 88.1 Å². The van der Waals surface area contributed by atoms with Crippen LogP contribution in [0.2, 0.25) is 0 Å². The van der Waals surface area contributed by atoms with Gasteiger partial charge in [0.05, 0.1) is 23.1 Å². The van der Waals surface area contributed by atoms with Gasteiger partial charge < -0.3 is 24.8 Å². The molecule has 7 nitrogen and oxygen atoms in total. The van der Waals surface area contributed by atoms with Crippen molar-refractivity contribution in [2.75, 3.05) is 20.2 Å². The van der Waals surface area contributed by atoms with E-state index in [4.69, 9.17) is 9.47 Å². The molecule has 1 aliphatic heterocycles. The summed E-state index contributed by atoms with van der Waals surface area (Å²) >= 11 is 3.53. The average molecular weight is 525 g/mol. The molecule has 1 heterocycles. The van der Waals surface area contributed by atoms with Crippen LogP contribution < -0.4 is 10.1 Å². The Morgan fingerprint density at radius 2 is 1.82 bits per heavy atom. The monoisotopic (exact) mass is 524 g/mol. The van der Waals surface area contributed by atoms with E-state index in [9.17, 15) is 14.7 Å². The first-order valence-electron chi connectivity index (χ1n) is 11.9. The third kappa shape index (κ3) is 6.63. The molecule has 1 aromatic carbocycles. The van der Waals surface area contributed by atoms with Crippen LogP contribution in [0.1, 0.15) is 77.2 Å². The number of carbonyl (C=O) groups is 2. The number of alkyl carbamates (subject to hydrolysis) is 1. The Morgan fingerprint density at radius 1 is 1.18 bits per heavy atom. The molecular weight excluding hydrogens is 488 g/mol. The number of aliphatic hydroxyl groups is 1. The highest BCUT2D eigenvalue weighted by atomic mass is 79.9. The molecule has 1 aliphatic carbocycles. The Kier molecular flexibility index (Phi) is 8.32. The molecule has 184 valence electrons. The van der Waals surface area contributed by atoms with E-state index in [1.807, 2.05) is 43.9 Å². The molecule has 0 bridgehead atoms. The van der Waals surface area contributed by atoms with Gasteiger partial charge in [0.25, 0.3) is 0 Å². The average Bonchev–Trinajstić information content (AvgIpc) is 2.73. The highest BCUT2D eigenvalue weighted by Crippen LogP contribution is 2.43. The van der Waals surface area contributed by atoms with Gasteiger partial charge >= 0.3 is 6.09 Å². The van der Waals surface area contributed by atoms with Crippen LogP contribution in [-0.2, 0) is 9.53 Å². The lowest BCUT2D eigenvalue weighted by molar-refractivity contribution is -0.143. The van der Waals surface area contributed by atoms with Crippen molar-refractivity contribution in [2.45, 2.75) is 88.9 Å². The van der Waals surface area contributed by atoms with Crippen LogP contribution in [0, 0.1) is 0 Å². The largest absolute Gasteiger partial charge is 0.496 e. The highest BCUT2D eigenvalue weighted by Gasteiger charge is 2.45. The third-order valence-corrected chi connectivity index (χ3v) is 7.14. The summed E-state index contributed by atoms with van der Waals surface area (Å²) in [4.78, 5) is 27.7. The van der Waals surface area contributed by atoms with Crippen molar-refractivity contribution >= 4 is 27.9 Å². The zero-order chi connectivity index (χ0) is 24.2. The van der Waals surface area contributed by atoms with E-state index in [0.29, 0.717) is 44.5 Å². The van der Waals surface area contributed by atoms with E-state index in [1.54, 1.807) is 7.11 Å². The fraction of sp³-hybridized carbons (Fsp3) is 0.680. The second kappa shape index (κ2) is 10.6. The molecule has 1 saturated heterocycles. The molecular formula is C25H37BrN2O5. The number of methoxy groups -OCH3 is 1. The van der Waals surface area contributed by atoms with Gasteiger partial charge in [-0.15, -0.1) is 0 Å². The molecule has 2 aliphatic rings. The van der Waals surface area contributed by atoms with Crippen LogP contribution in [0.15, 0.2) is 22.7 Å². The molecule has 1 saturated carbocycles. The van der Waals surface area contributed by atoms with Crippen LogP contribution in [-0.4, -0.2) is 59.5 Å². The number of rotatable bonds is 5. The summed E-state index contributed by atoms with van der Waals surface area (Å²) in [6, 6.07) is 5.60. The Labute approximate surface area is 205 Å². The van der Waals surface area contributed by atoms with Gasteiger partial charge in [0.1, 0.15) is 11.9 Å². The summed E-state index contributed by atoms with van der Waals surface area (Å²) in [6.07, 6.45) is 4.65. The van der Waals surface area contributed by atoms with Gasteiger partial charge in [0, 0.05) is 31.5 Å². The number of amides is 2. The lowest BCUT2D eigenvalue weighted by atomic mass is 9.72. The van der Waals surface area contributed by atoms with Gasteiger partial charge in [-0.05, 0) is 67.2 Å². The van der Waals surface area contributed by atoms with Crippen LogP contribution in [0.4, 0.5) is 4.79 Å². The van der Waals surface area contributed by atoms with Crippen molar-refractivity contribution in [3.8, 4) is 5.75 Å². The summed E-state index contributed by atoms with van der Waals surface area (Å²) in [5.74, 6) is -0.0113. The van der Waals surface area contributed by atoms with Crippen molar-refractivity contribution in [3.63, 3.8) is 0 Å². The number of piperidine rings is 1. The predicted molar refractivity (Wildman–Crippen MR) is 130 cm³/mol. The number of ether oxygens (including phenoxy) is 2. The minimum absolute atomic E-state index is 0.0611. The minimum Gasteiger partial charge on any atom is -0.496 e. The number of nitrogens with one attached hydrogen (secondary N) is 1. The number of halogens is 1. The maximum absolute atomic E-state index is 13.8. The molecule has 2 N–H and O–H groups in total. The first-order chi connectivity index (χ1) is 15.5. The lowest BCUT2D eigenvalue weighted by Crippen LogP contribution is -2.51. The molecule has 33 heavy (non-hydrogen) atoms. The summed E-state index contributed by atoms with van der Waals surface area (Å²) in [6.45, 7) is 6.71. The molecule has 2 amide bonds. The van der Waals surface area contributed by atoms with Crippen molar-refractivity contribution in [2.24, 2.45) is 0 Å². The second-order valence-electron chi connectivity index (χ2n) is 10.3. The number of benzene rings is 1. The van der Waals surface area contributed by atoms with Crippen LogP contribution in [0.25, 0.3) is 0 Å². The lowest BCUT2D eigenvalue weighted by Gasteiger charge is -2.42. The molecule has 0 radical (unpaired) electrons. The Bertz CT molecular complexity index is 840. The first kappa shape index (κ1) is 25.8. The smallest absolute Gasteiger partial charge is 0.407 e. The number of nitrogens with zero attached hydrogens (tertiary/aromatic N) is 1. The van der Waals surface area contributed by atoms with Gasteiger partial charge in [-0.1, -0.05) is 25.3 Å². The standard InChI is InChI=1S/C25H37BrN2O5/c1-24(2,3)27-23(30)33-18-10-14-28(15-11-18)22(29)21(25(31)12-6-5-7-13-25)17-8-9-20(32-4)19(26)16-17/h8-9,16,18,21,31H,5-7,10-15H2,1-4H3,(H,27,30). The van der Waals surface area contributed by atoms with Gasteiger partial charge in [0.15, 0.2) is 0 Å². The molecule has 2 fully saturated rings. The van der Waals surface area contributed by atoms with Crippen molar-refractivity contribution < 1.29 is 24.2 Å². The van der Waals surface area contributed by atoms with Crippen molar-refractivity contribution in [1.82, 2.24) is 10.2 Å². The molecule has 3 rings (SSSR count). The Balaban J connectivity index is 1.73. The SMILES string of the molecule is COc1ccc(C(C(=O)N2CCC(OC(=O)NC(C)(C)C)CC2)C2(O)CCCCC2)cc1Br. The van der Waals surface area contributed by atoms with Crippen LogP contribution in [0.3, 0.4) is 0 Å². The van der Waals surface area contributed by atoms with E-state index in [1.165, 1.54) is 0 Å². The van der Waals surface area contributed by atoms with Crippen molar-refractivity contribution in [1.29, 1.82) is 0 Å². The van der Waals surface area contributed by atoms with Gasteiger partial charge in [-0.25, -0.2) is 4.79 Å². The molecule has 1 atom stereocenters. The summed E-state index contributed by atoms with van der Waals surface area (Å²) in [5.41, 5.74) is -0.633. The van der Waals surface area contributed by atoms with Crippen LogP contribution >= 0.6 is 15.9 Å². The molecule has 0 aromatic heterocycles. The predicted octanol–water partition coefficient (Wildman–Crippen LogP) is 4.75. The molecule has 8 heteroatoms. The summed E-state index contributed by atoms with van der Waals surface area (Å²) in [5, 5.41) is 14.4. The van der Waals surface area contributed by atoms with E-state index in [0.717, 1.165) is 29.3 Å². The fourth-order valence-electron chi connectivity index (χ4n) is 4.86. The summed E-state index contributed by atoms with van der Waals surface area (Å²) in [7, 11) is 1.60. The van der Waals surface area contributed by atoms with Gasteiger partial charge in [0.2, 0.25) is 5.91 Å². The van der Waals surface area contributed by atoms with Crippen molar-refractivity contribution in [3.05, 3.63) is 28.2 Å². The first-order valence-corrected chi connectivity index (χ1v) is 12.6. The minimum atomic E-state index is -1.07. The highest BCUT2D eigenvalue weighted by molar-refractivity contribution is 9.10. The number of hydrogen-bond acceptors (Lipinski definition) is 5. The number of likely N-dealkylation sites (tertiary alicyclic amines) is 1. The van der Waals surface area contributed by atoms with E-state index in [2.05, 4.69) is 21.2 Å². The zero-order valence-electron chi connectivity index (χ0n) is 20.2. The van der Waals surface area contributed by atoms with E-state index >= 15 is 0 Å². The maximum atomic E-state index is 13.8. The van der Waals surface area contributed by atoms with Gasteiger partial charge in [-0.3, -0.25) is 4.79 Å². The number of carbonyl (C=O) groups excluding carboxylic acids is 2. The van der Waals surface area contributed by atoms with Gasteiger partial charge in [-0.2, -0.15) is 0 Å². The fourth-order valence-corrected chi connectivity index (χ4v) is 5.42. The number of hydrogen-bond donors (Lipinski definition) is 2. The van der Waals surface area contributed by atoms with Crippen LogP contribution in [0.5, 0.6) is 5.75 Å². The zero-order valence-corrected chi connectivity index (χ0v) is 21.7. The summed E-state index contributed by atoms with van der Waals surface area (Å²) < 4.78 is 11.7. The third-order valence-electron chi connectivity index (χ3n) is 6.52.